The van der Waals surface area contributed by atoms with Gasteiger partial charge in [-0.05, 0) is 39.3 Å². The molecular weight excluding hydrogens is 162 g/mol. The first-order valence-corrected chi connectivity index (χ1v) is 5.60. The Morgan fingerprint density at radius 2 is 2.00 bits per heavy atom. The summed E-state index contributed by atoms with van der Waals surface area (Å²) in [5.41, 5.74) is 0.269. The first-order valence-electron chi connectivity index (χ1n) is 5.60. The molecule has 1 heterocycles. The Morgan fingerprint density at radius 1 is 1.23 bits per heavy atom. The summed E-state index contributed by atoms with van der Waals surface area (Å²) < 4.78 is 0. The average molecular weight is 183 g/mol. The van der Waals surface area contributed by atoms with Crippen LogP contribution in [0.5, 0.6) is 0 Å². The normalized spacial score (nSPS) is 42.5. The van der Waals surface area contributed by atoms with Crippen molar-refractivity contribution in [3.63, 3.8) is 0 Å². The van der Waals surface area contributed by atoms with Gasteiger partial charge in [0.2, 0.25) is 0 Å². The molecule has 0 radical (unpaired) electrons. The maximum atomic E-state index is 10.1. The van der Waals surface area contributed by atoms with Gasteiger partial charge in [0.05, 0.1) is 6.10 Å². The third kappa shape index (κ3) is 1.75. The van der Waals surface area contributed by atoms with Crippen molar-refractivity contribution in [2.75, 3.05) is 20.1 Å². The van der Waals surface area contributed by atoms with Crippen LogP contribution < -0.4 is 0 Å². The fourth-order valence-electron chi connectivity index (χ4n) is 3.16. The van der Waals surface area contributed by atoms with E-state index in [2.05, 4.69) is 11.9 Å². The van der Waals surface area contributed by atoms with Crippen molar-refractivity contribution in [1.29, 1.82) is 0 Å². The van der Waals surface area contributed by atoms with Crippen LogP contribution in [0, 0.1) is 5.41 Å². The smallest absolute Gasteiger partial charge is 0.0608 e. The summed E-state index contributed by atoms with van der Waals surface area (Å²) in [5.74, 6) is 0. The molecular formula is C11H21NO. The molecule has 2 rings (SSSR count). The average Bonchev–Trinajstić information content (AvgIpc) is 2.11. The Balaban J connectivity index is 2.07. The molecule has 1 aliphatic heterocycles. The molecule has 0 unspecified atom stereocenters. The first-order chi connectivity index (χ1) is 6.23. The van der Waals surface area contributed by atoms with E-state index in [0.717, 1.165) is 13.0 Å². The highest BCUT2D eigenvalue weighted by Crippen LogP contribution is 2.42. The van der Waals surface area contributed by atoms with Gasteiger partial charge in [-0.1, -0.05) is 12.8 Å². The van der Waals surface area contributed by atoms with Gasteiger partial charge in [-0.2, -0.15) is 0 Å². The third-order valence-corrected chi connectivity index (χ3v) is 3.91. The zero-order valence-electron chi connectivity index (χ0n) is 8.63. The van der Waals surface area contributed by atoms with Crippen LogP contribution in [0.2, 0.25) is 0 Å². The van der Waals surface area contributed by atoms with Crippen molar-refractivity contribution in [1.82, 2.24) is 4.90 Å². The molecule has 1 aliphatic carbocycles. The number of nitrogens with zero attached hydrogens (tertiary/aromatic N) is 1. The molecule has 1 spiro atoms. The molecule has 2 aliphatic rings. The van der Waals surface area contributed by atoms with Gasteiger partial charge in [0.1, 0.15) is 0 Å². The molecule has 76 valence electrons. The summed E-state index contributed by atoms with van der Waals surface area (Å²) in [5, 5.41) is 10.1. The van der Waals surface area contributed by atoms with Crippen LogP contribution in [0.3, 0.4) is 0 Å². The van der Waals surface area contributed by atoms with Crippen molar-refractivity contribution >= 4 is 0 Å². The molecule has 1 saturated heterocycles. The van der Waals surface area contributed by atoms with Crippen LogP contribution in [0.15, 0.2) is 0 Å². The Kier molecular flexibility index (Phi) is 2.61. The van der Waals surface area contributed by atoms with Gasteiger partial charge in [0.25, 0.3) is 0 Å². The van der Waals surface area contributed by atoms with Gasteiger partial charge in [-0.3, -0.25) is 0 Å². The van der Waals surface area contributed by atoms with Gasteiger partial charge in [-0.15, -0.1) is 0 Å². The summed E-state index contributed by atoms with van der Waals surface area (Å²) in [6.07, 6.45) is 7.33. The molecule has 2 atom stereocenters. The highest BCUT2D eigenvalue weighted by molar-refractivity contribution is 4.94. The van der Waals surface area contributed by atoms with Gasteiger partial charge >= 0.3 is 0 Å². The second-order valence-corrected chi connectivity index (χ2v) is 4.97. The lowest BCUT2D eigenvalue weighted by Gasteiger charge is -2.47. The second-order valence-electron chi connectivity index (χ2n) is 4.97. The molecule has 0 amide bonds. The van der Waals surface area contributed by atoms with Gasteiger partial charge in [0.15, 0.2) is 0 Å². The van der Waals surface area contributed by atoms with Crippen molar-refractivity contribution in [2.24, 2.45) is 5.41 Å². The fraction of sp³-hybridized carbons (Fsp3) is 1.00. The van der Waals surface area contributed by atoms with E-state index in [1.54, 1.807) is 0 Å². The predicted molar refractivity (Wildman–Crippen MR) is 53.6 cm³/mol. The Bertz CT molecular complexity index is 179. The fourth-order valence-corrected chi connectivity index (χ4v) is 3.16. The zero-order valence-corrected chi connectivity index (χ0v) is 8.63. The van der Waals surface area contributed by atoms with Gasteiger partial charge < -0.3 is 10.0 Å². The van der Waals surface area contributed by atoms with Gasteiger partial charge in [0, 0.05) is 12.0 Å². The maximum Gasteiger partial charge on any atom is 0.0608 e. The SMILES string of the molecule is CN1CCC[C@@]2(CCCC[C@@H]2O)C1. The number of aliphatic hydroxyl groups excluding tert-OH is 1. The number of hydrogen-bond donors (Lipinski definition) is 1. The number of likely N-dealkylation sites (tertiary alicyclic amines) is 1. The van der Waals surface area contributed by atoms with E-state index in [9.17, 15) is 5.11 Å². The van der Waals surface area contributed by atoms with E-state index in [-0.39, 0.29) is 11.5 Å². The lowest BCUT2D eigenvalue weighted by molar-refractivity contribution is -0.0540. The van der Waals surface area contributed by atoms with Gasteiger partial charge in [-0.25, -0.2) is 0 Å². The highest BCUT2D eigenvalue weighted by atomic mass is 16.3. The lowest BCUT2D eigenvalue weighted by Crippen LogP contribution is -2.49. The minimum absolute atomic E-state index is 0.0241. The summed E-state index contributed by atoms with van der Waals surface area (Å²) in [4.78, 5) is 2.39. The van der Waals surface area contributed by atoms with Crippen LogP contribution in [0.25, 0.3) is 0 Å². The van der Waals surface area contributed by atoms with E-state index < -0.39 is 0 Å². The van der Waals surface area contributed by atoms with E-state index in [1.165, 1.54) is 38.6 Å². The number of piperidine rings is 1. The van der Waals surface area contributed by atoms with Crippen LogP contribution in [0.1, 0.15) is 38.5 Å². The molecule has 0 aromatic carbocycles. The largest absolute Gasteiger partial charge is 0.393 e. The van der Waals surface area contributed by atoms with Crippen LogP contribution in [-0.4, -0.2) is 36.2 Å². The molecule has 2 heteroatoms. The minimum Gasteiger partial charge on any atom is -0.393 e. The zero-order chi connectivity index (χ0) is 9.31. The van der Waals surface area contributed by atoms with E-state index >= 15 is 0 Å². The first kappa shape index (κ1) is 9.47. The van der Waals surface area contributed by atoms with E-state index in [0.29, 0.717) is 0 Å². The molecule has 2 nitrogen and oxygen atoms in total. The predicted octanol–water partition coefficient (Wildman–Crippen LogP) is 1.63. The van der Waals surface area contributed by atoms with Crippen molar-refractivity contribution in [3.05, 3.63) is 0 Å². The standard InChI is InChI=1S/C11H21NO/c1-12-8-4-7-11(9-12)6-3-2-5-10(11)13/h10,13H,2-9H2,1H3/t10-,11-/m0/s1. The Labute approximate surface area is 80.9 Å². The second kappa shape index (κ2) is 3.58. The number of rotatable bonds is 0. The number of hydrogen-bond acceptors (Lipinski definition) is 2. The highest BCUT2D eigenvalue weighted by Gasteiger charge is 2.41. The summed E-state index contributed by atoms with van der Waals surface area (Å²) in [7, 11) is 2.18. The molecule has 13 heavy (non-hydrogen) atoms. The molecule has 0 bridgehead atoms. The molecule has 2 fully saturated rings. The monoisotopic (exact) mass is 183 g/mol. The number of aliphatic hydroxyl groups is 1. The minimum atomic E-state index is -0.0241. The van der Waals surface area contributed by atoms with Crippen molar-refractivity contribution in [2.45, 2.75) is 44.6 Å². The van der Waals surface area contributed by atoms with Crippen LogP contribution >= 0.6 is 0 Å². The summed E-state index contributed by atoms with van der Waals surface area (Å²) in [6.45, 7) is 2.34. The quantitative estimate of drug-likeness (QED) is 0.617. The Morgan fingerprint density at radius 3 is 2.69 bits per heavy atom. The molecule has 1 N–H and O–H groups in total. The van der Waals surface area contributed by atoms with Crippen LogP contribution in [0.4, 0.5) is 0 Å². The summed E-state index contributed by atoms with van der Waals surface area (Å²) in [6, 6.07) is 0. The molecule has 0 aromatic heterocycles. The Hall–Kier alpha value is -0.0800. The van der Waals surface area contributed by atoms with E-state index in [4.69, 9.17) is 0 Å². The summed E-state index contributed by atoms with van der Waals surface area (Å²) >= 11 is 0. The molecule has 0 aromatic rings. The maximum absolute atomic E-state index is 10.1. The lowest BCUT2D eigenvalue weighted by atomic mass is 9.67. The van der Waals surface area contributed by atoms with Crippen LogP contribution in [-0.2, 0) is 0 Å². The van der Waals surface area contributed by atoms with E-state index in [1.807, 2.05) is 0 Å². The molecule has 1 saturated carbocycles. The van der Waals surface area contributed by atoms with Crippen molar-refractivity contribution < 1.29 is 5.11 Å². The van der Waals surface area contributed by atoms with Crippen molar-refractivity contribution in [3.8, 4) is 0 Å². The topological polar surface area (TPSA) is 23.5 Å². The third-order valence-electron chi connectivity index (χ3n) is 3.91.